The van der Waals surface area contributed by atoms with Gasteiger partial charge in [-0.2, -0.15) is 4.98 Å². The fourth-order valence-corrected chi connectivity index (χ4v) is 2.46. The van der Waals surface area contributed by atoms with Gasteiger partial charge in [0.1, 0.15) is 11.1 Å². The number of rotatable bonds is 6. The quantitative estimate of drug-likeness (QED) is 0.822. The van der Waals surface area contributed by atoms with Gasteiger partial charge in [-0.1, -0.05) is 5.16 Å². The molecule has 2 N–H and O–H groups in total. The summed E-state index contributed by atoms with van der Waals surface area (Å²) in [7, 11) is 0. The molecule has 0 spiro atoms. The van der Waals surface area contributed by atoms with Crippen molar-refractivity contribution in [1.82, 2.24) is 20.8 Å². The van der Waals surface area contributed by atoms with E-state index in [1.54, 1.807) is 27.7 Å². The van der Waals surface area contributed by atoms with Crippen LogP contribution in [0.15, 0.2) is 4.52 Å². The first-order valence-electron chi connectivity index (χ1n) is 8.19. The monoisotopic (exact) mass is 338 g/mol. The van der Waals surface area contributed by atoms with Crippen LogP contribution in [0, 0.1) is 12.8 Å². The molecule has 0 radical (unpaired) electrons. The van der Waals surface area contributed by atoms with Crippen LogP contribution in [0.1, 0.15) is 58.7 Å². The van der Waals surface area contributed by atoms with Crippen LogP contribution in [0.25, 0.3) is 0 Å². The molecule has 0 saturated heterocycles. The van der Waals surface area contributed by atoms with E-state index in [1.807, 2.05) is 6.92 Å². The second kappa shape index (κ2) is 6.78. The number of hydrogen-bond donors (Lipinski definition) is 2. The predicted octanol–water partition coefficient (Wildman–Crippen LogP) is 2.03. The van der Waals surface area contributed by atoms with Gasteiger partial charge in [-0.25, -0.2) is 4.79 Å². The van der Waals surface area contributed by atoms with Gasteiger partial charge in [0.2, 0.25) is 11.8 Å². The van der Waals surface area contributed by atoms with Gasteiger partial charge in [0.15, 0.2) is 5.82 Å². The second-order valence-electron chi connectivity index (χ2n) is 7.34. The van der Waals surface area contributed by atoms with E-state index >= 15 is 0 Å². The number of amides is 2. The zero-order valence-corrected chi connectivity index (χ0v) is 14.9. The SMILES string of the molecule is Cc1nc([C@@](C)(NC(=O)CCNC(=O)OC(C)(C)C)C2CC2)no1. The Morgan fingerprint density at radius 3 is 2.46 bits per heavy atom. The summed E-state index contributed by atoms with van der Waals surface area (Å²) in [6, 6.07) is 0. The van der Waals surface area contributed by atoms with E-state index in [0.717, 1.165) is 12.8 Å². The molecule has 134 valence electrons. The Kier molecular flexibility index (Phi) is 5.15. The topological polar surface area (TPSA) is 106 Å². The van der Waals surface area contributed by atoms with Gasteiger partial charge in [0.05, 0.1) is 0 Å². The minimum absolute atomic E-state index is 0.151. The van der Waals surface area contributed by atoms with Crippen LogP contribution in [-0.4, -0.2) is 34.3 Å². The average Bonchev–Trinajstić information content (AvgIpc) is 3.19. The molecule has 1 aliphatic carbocycles. The summed E-state index contributed by atoms with van der Waals surface area (Å²) in [6.07, 6.45) is 1.65. The summed E-state index contributed by atoms with van der Waals surface area (Å²) < 4.78 is 10.2. The van der Waals surface area contributed by atoms with Crippen LogP contribution in [0.2, 0.25) is 0 Å². The van der Waals surface area contributed by atoms with Crippen molar-refractivity contribution in [3.8, 4) is 0 Å². The highest BCUT2D eigenvalue weighted by atomic mass is 16.6. The minimum Gasteiger partial charge on any atom is -0.444 e. The average molecular weight is 338 g/mol. The standard InChI is InChI=1S/C16H26N4O4/c1-10-18-13(20-24-10)16(5,11-6-7-11)19-12(21)8-9-17-14(22)23-15(2,3)4/h11H,6-9H2,1-5H3,(H,17,22)(H,19,21)/t16-/m0/s1. The number of hydrogen-bond acceptors (Lipinski definition) is 6. The van der Waals surface area contributed by atoms with Crippen molar-refractivity contribution < 1.29 is 18.8 Å². The summed E-state index contributed by atoms with van der Waals surface area (Å²) in [4.78, 5) is 28.1. The molecule has 1 saturated carbocycles. The third-order valence-corrected chi connectivity index (χ3v) is 3.81. The smallest absolute Gasteiger partial charge is 0.407 e. The van der Waals surface area contributed by atoms with Crippen LogP contribution >= 0.6 is 0 Å². The Bertz CT molecular complexity index is 603. The molecule has 1 aromatic heterocycles. The molecule has 0 bridgehead atoms. The number of aromatic nitrogens is 2. The Hall–Kier alpha value is -2.12. The lowest BCUT2D eigenvalue weighted by Crippen LogP contribution is -2.47. The minimum atomic E-state index is -0.638. The van der Waals surface area contributed by atoms with Gasteiger partial charge in [-0.05, 0) is 46.5 Å². The first-order valence-corrected chi connectivity index (χ1v) is 8.19. The van der Waals surface area contributed by atoms with Gasteiger partial charge in [0, 0.05) is 19.9 Å². The fourth-order valence-electron chi connectivity index (χ4n) is 2.46. The van der Waals surface area contributed by atoms with Gasteiger partial charge in [0.25, 0.3) is 0 Å². The van der Waals surface area contributed by atoms with Gasteiger partial charge in [-0.3, -0.25) is 4.79 Å². The molecular formula is C16H26N4O4. The lowest BCUT2D eigenvalue weighted by Gasteiger charge is -2.27. The molecular weight excluding hydrogens is 312 g/mol. The molecule has 2 amide bonds. The summed E-state index contributed by atoms with van der Waals surface area (Å²) in [5.41, 5.74) is -1.20. The summed E-state index contributed by atoms with van der Waals surface area (Å²) in [6.45, 7) is 9.19. The fraction of sp³-hybridized carbons (Fsp3) is 0.750. The normalized spacial score (nSPS) is 17.0. The maximum Gasteiger partial charge on any atom is 0.407 e. The van der Waals surface area contributed by atoms with Crippen molar-refractivity contribution in [3.05, 3.63) is 11.7 Å². The van der Waals surface area contributed by atoms with Crippen molar-refractivity contribution in [2.24, 2.45) is 5.92 Å². The molecule has 2 rings (SSSR count). The molecule has 8 nitrogen and oxygen atoms in total. The van der Waals surface area contributed by atoms with E-state index < -0.39 is 17.2 Å². The second-order valence-corrected chi connectivity index (χ2v) is 7.34. The number of nitrogens with one attached hydrogen (secondary N) is 2. The number of carbonyl (C=O) groups is 2. The first-order chi connectivity index (χ1) is 11.1. The van der Waals surface area contributed by atoms with Crippen molar-refractivity contribution in [3.63, 3.8) is 0 Å². The van der Waals surface area contributed by atoms with Crippen LogP contribution < -0.4 is 10.6 Å². The number of aryl methyl sites for hydroxylation is 1. The van der Waals surface area contributed by atoms with E-state index in [1.165, 1.54) is 0 Å². The molecule has 24 heavy (non-hydrogen) atoms. The number of alkyl carbamates (subject to hydrolysis) is 1. The zero-order valence-electron chi connectivity index (χ0n) is 14.9. The third kappa shape index (κ3) is 4.94. The largest absolute Gasteiger partial charge is 0.444 e. The molecule has 0 aromatic carbocycles. The van der Waals surface area contributed by atoms with E-state index in [-0.39, 0.29) is 18.9 Å². The van der Waals surface area contributed by atoms with E-state index in [4.69, 9.17) is 9.26 Å². The Balaban J connectivity index is 1.85. The van der Waals surface area contributed by atoms with E-state index in [9.17, 15) is 9.59 Å². The van der Waals surface area contributed by atoms with Crippen molar-refractivity contribution in [1.29, 1.82) is 0 Å². The molecule has 1 aromatic rings. The van der Waals surface area contributed by atoms with Crippen molar-refractivity contribution in [2.45, 2.75) is 65.0 Å². The summed E-state index contributed by atoms with van der Waals surface area (Å²) >= 11 is 0. The number of nitrogens with zero attached hydrogens (tertiary/aromatic N) is 2. The molecule has 1 fully saturated rings. The molecule has 1 aliphatic rings. The van der Waals surface area contributed by atoms with Crippen molar-refractivity contribution >= 4 is 12.0 Å². The predicted molar refractivity (Wildman–Crippen MR) is 86.1 cm³/mol. The highest BCUT2D eigenvalue weighted by Gasteiger charge is 2.47. The van der Waals surface area contributed by atoms with Crippen molar-refractivity contribution in [2.75, 3.05) is 6.54 Å². The van der Waals surface area contributed by atoms with Crippen LogP contribution in [0.3, 0.4) is 0 Å². The Morgan fingerprint density at radius 2 is 1.96 bits per heavy atom. The summed E-state index contributed by atoms with van der Waals surface area (Å²) in [5.74, 6) is 1.09. The maximum absolute atomic E-state index is 12.2. The van der Waals surface area contributed by atoms with Gasteiger partial charge >= 0.3 is 6.09 Å². The Morgan fingerprint density at radius 1 is 1.29 bits per heavy atom. The van der Waals surface area contributed by atoms with E-state index in [0.29, 0.717) is 17.6 Å². The van der Waals surface area contributed by atoms with Gasteiger partial charge in [-0.15, -0.1) is 0 Å². The third-order valence-electron chi connectivity index (χ3n) is 3.81. The van der Waals surface area contributed by atoms with Crippen LogP contribution in [0.4, 0.5) is 4.79 Å². The highest BCUT2D eigenvalue weighted by molar-refractivity contribution is 5.78. The molecule has 8 heteroatoms. The lowest BCUT2D eigenvalue weighted by molar-refractivity contribution is -0.123. The van der Waals surface area contributed by atoms with Crippen LogP contribution in [0.5, 0.6) is 0 Å². The molecule has 0 aliphatic heterocycles. The number of carbonyl (C=O) groups excluding carboxylic acids is 2. The zero-order chi connectivity index (χ0) is 18.0. The first kappa shape index (κ1) is 18.2. The Labute approximate surface area is 141 Å². The molecule has 1 heterocycles. The molecule has 1 atom stereocenters. The lowest BCUT2D eigenvalue weighted by atomic mass is 9.94. The summed E-state index contributed by atoms with van der Waals surface area (Å²) in [5, 5.41) is 9.52. The van der Waals surface area contributed by atoms with E-state index in [2.05, 4.69) is 20.8 Å². The molecule has 0 unspecified atom stereocenters. The number of ether oxygens (including phenoxy) is 1. The van der Waals surface area contributed by atoms with Crippen LogP contribution in [-0.2, 0) is 15.1 Å². The van der Waals surface area contributed by atoms with Gasteiger partial charge < -0.3 is 19.9 Å². The maximum atomic E-state index is 12.2. The highest BCUT2D eigenvalue weighted by Crippen LogP contribution is 2.44.